The van der Waals surface area contributed by atoms with Crippen molar-refractivity contribution in [3.05, 3.63) is 77.1 Å². The molecular formula is C21H21N3O2S. The number of aryl methyl sites for hydroxylation is 1. The third-order valence-electron chi connectivity index (χ3n) is 4.13. The first-order chi connectivity index (χ1) is 13.2. The Hall–Kier alpha value is -2.86. The third kappa shape index (κ3) is 4.11. The molecule has 2 aromatic carbocycles. The summed E-state index contributed by atoms with van der Waals surface area (Å²) in [6, 6.07) is 15.1. The molecule has 0 radical (unpaired) electrons. The predicted octanol–water partition coefficient (Wildman–Crippen LogP) is 3.34. The highest BCUT2D eigenvalue weighted by atomic mass is 32.2. The highest BCUT2D eigenvalue weighted by Gasteiger charge is 2.16. The predicted molar refractivity (Wildman–Crippen MR) is 111 cm³/mol. The first-order valence-electron chi connectivity index (χ1n) is 8.76. The van der Waals surface area contributed by atoms with Gasteiger partial charge in [0.25, 0.3) is 5.56 Å². The van der Waals surface area contributed by atoms with Gasteiger partial charge in [-0.15, -0.1) is 6.58 Å². The maximum atomic E-state index is 13.2. The molecule has 0 atom stereocenters. The number of carbonyl (C=O) groups is 1. The van der Waals surface area contributed by atoms with E-state index in [4.69, 9.17) is 0 Å². The van der Waals surface area contributed by atoms with Crippen LogP contribution in [0.15, 0.2) is 71.1 Å². The molecule has 3 aromatic rings. The van der Waals surface area contributed by atoms with Gasteiger partial charge >= 0.3 is 0 Å². The van der Waals surface area contributed by atoms with E-state index in [0.717, 1.165) is 17.7 Å². The lowest BCUT2D eigenvalue weighted by molar-refractivity contribution is -0.118. The van der Waals surface area contributed by atoms with Crippen LogP contribution in [0.1, 0.15) is 12.5 Å². The van der Waals surface area contributed by atoms with Crippen molar-refractivity contribution in [3.8, 4) is 5.69 Å². The summed E-state index contributed by atoms with van der Waals surface area (Å²) in [6.07, 6.45) is 2.42. The van der Waals surface area contributed by atoms with Crippen molar-refractivity contribution in [1.82, 2.24) is 14.9 Å². The molecule has 0 saturated carbocycles. The zero-order chi connectivity index (χ0) is 19.2. The topological polar surface area (TPSA) is 64.0 Å². The first-order valence-corrected chi connectivity index (χ1v) is 9.74. The number of para-hydroxylation sites is 2. The molecule has 6 heteroatoms. The fraction of sp³-hybridized carbons (Fsp3) is 0.190. The van der Waals surface area contributed by atoms with Gasteiger partial charge in [0.15, 0.2) is 5.16 Å². The van der Waals surface area contributed by atoms with Crippen LogP contribution in [-0.2, 0) is 11.2 Å². The highest BCUT2D eigenvalue weighted by molar-refractivity contribution is 7.99. The van der Waals surface area contributed by atoms with Gasteiger partial charge in [-0.3, -0.25) is 14.2 Å². The maximum Gasteiger partial charge on any atom is 0.266 e. The largest absolute Gasteiger partial charge is 0.352 e. The minimum absolute atomic E-state index is 0.127. The molecule has 27 heavy (non-hydrogen) atoms. The van der Waals surface area contributed by atoms with Gasteiger partial charge < -0.3 is 5.32 Å². The number of fused-ring (bicyclic) bond motifs is 1. The van der Waals surface area contributed by atoms with Crippen LogP contribution >= 0.6 is 11.8 Å². The lowest BCUT2D eigenvalue weighted by atomic mass is 10.1. The van der Waals surface area contributed by atoms with E-state index < -0.39 is 0 Å². The normalized spacial score (nSPS) is 10.7. The lowest BCUT2D eigenvalue weighted by Crippen LogP contribution is -2.26. The van der Waals surface area contributed by atoms with Crippen LogP contribution < -0.4 is 10.9 Å². The summed E-state index contributed by atoms with van der Waals surface area (Å²) in [5.74, 6) is 0.0463. The number of nitrogens with zero attached hydrogens (tertiary/aromatic N) is 2. The van der Waals surface area contributed by atoms with E-state index in [2.05, 4.69) is 16.9 Å². The summed E-state index contributed by atoms with van der Waals surface area (Å²) in [5, 5.41) is 3.81. The van der Waals surface area contributed by atoms with Gasteiger partial charge in [0.1, 0.15) is 0 Å². The van der Waals surface area contributed by atoms with Crippen molar-refractivity contribution in [1.29, 1.82) is 0 Å². The van der Waals surface area contributed by atoms with Gasteiger partial charge in [0.2, 0.25) is 5.91 Å². The van der Waals surface area contributed by atoms with Gasteiger partial charge in [-0.05, 0) is 30.2 Å². The Morgan fingerprint density at radius 3 is 2.74 bits per heavy atom. The van der Waals surface area contributed by atoms with E-state index in [0.29, 0.717) is 22.6 Å². The minimum Gasteiger partial charge on any atom is -0.352 e. The lowest BCUT2D eigenvalue weighted by Gasteiger charge is -2.15. The maximum absolute atomic E-state index is 13.2. The number of carbonyl (C=O) groups excluding carboxylic acids is 1. The summed E-state index contributed by atoms with van der Waals surface area (Å²) in [4.78, 5) is 29.9. The van der Waals surface area contributed by atoms with Crippen LogP contribution in [0.25, 0.3) is 16.6 Å². The Morgan fingerprint density at radius 1 is 1.22 bits per heavy atom. The average molecular weight is 379 g/mol. The molecule has 0 unspecified atom stereocenters. The van der Waals surface area contributed by atoms with E-state index in [1.807, 2.05) is 49.4 Å². The van der Waals surface area contributed by atoms with Gasteiger partial charge in [-0.25, -0.2) is 4.98 Å². The number of aromatic nitrogens is 2. The molecule has 1 aromatic heterocycles. The number of hydrogen-bond donors (Lipinski definition) is 1. The van der Waals surface area contributed by atoms with E-state index in [-0.39, 0.29) is 17.2 Å². The van der Waals surface area contributed by atoms with Crippen molar-refractivity contribution < 1.29 is 4.79 Å². The smallest absolute Gasteiger partial charge is 0.266 e. The SMILES string of the molecule is C=CCNC(=O)CSc1nc2ccccc2c(=O)n1-c1ccccc1CC. The molecule has 3 rings (SSSR count). The average Bonchev–Trinajstić information content (AvgIpc) is 2.71. The second-order valence-corrected chi connectivity index (χ2v) is 6.86. The fourth-order valence-electron chi connectivity index (χ4n) is 2.82. The summed E-state index contributed by atoms with van der Waals surface area (Å²) in [6.45, 7) is 6.05. The van der Waals surface area contributed by atoms with Crippen LogP contribution in [0.4, 0.5) is 0 Å². The Morgan fingerprint density at radius 2 is 1.96 bits per heavy atom. The van der Waals surface area contributed by atoms with E-state index in [1.54, 1.807) is 16.7 Å². The molecular weight excluding hydrogens is 358 g/mol. The summed E-state index contributed by atoms with van der Waals surface area (Å²) >= 11 is 1.25. The van der Waals surface area contributed by atoms with Crippen molar-refractivity contribution in [2.45, 2.75) is 18.5 Å². The second-order valence-electron chi connectivity index (χ2n) is 5.92. The van der Waals surface area contributed by atoms with E-state index in [9.17, 15) is 9.59 Å². The fourth-order valence-corrected chi connectivity index (χ4v) is 3.65. The zero-order valence-corrected chi connectivity index (χ0v) is 16.0. The number of amides is 1. The van der Waals surface area contributed by atoms with Crippen LogP contribution in [0, 0.1) is 0 Å². The number of hydrogen-bond acceptors (Lipinski definition) is 4. The molecule has 0 saturated heterocycles. The summed E-state index contributed by atoms with van der Waals surface area (Å²) in [7, 11) is 0. The molecule has 138 valence electrons. The Kier molecular flexibility index (Phi) is 6.08. The second kappa shape index (κ2) is 8.68. The molecule has 0 spiro atoms. The highest BCUT2D eigenvalue weighted by Crippen LogP contribution is 2.23. The van der Waals surface area contributed by atoms with E-state index >= 15 is 0 Å². The Bertz CT molecular complexity index is 1040. The molecule has 1 heterocycles. The number of benzene rings is 2. The zero-order valence-electron chi connectivity index (χ0n) is 15.1. The Balaban J connectivity index is 2.12. The molecule has 0 bridgehead atoms. The first kappa shape index (κ1) is 18.9. The standard InChI is InChI=1S/C21H21N3O2S/c1-3-13-22-19(25)14-27-21-23-17-11-7-6-10-16(17)20(26)24(21)18-12-8-5-9-15(18)4-2/h3,5-12H,1,4,13-14H2,2H3,(H,22,25). The van der Waals surface area contributed by atoms with Gasteiger partial charge in [0, 0.05) is 6.54 Å². The van der Waals surface area contributed by atoms with Crippen molar-refractivity contribution in [3.63, 3.8) is 0 Å². The summed E-state index contributed by atoms with van der Waals surface area (Å²) in [5.41, 5.74) is 2.35. The molecule has 0 aliphatic rings. The number of nitrogens with one attached hydrogen (secondary N) is 1. The van der Waals surface area contributed by atoms with E-state index in [1.165, 1.54) is 11.8 Å². The molecule has 0 aliphatic carbocycles. The van der Waals surface area contributed by atoms with Gasteiger partial charge in [-0.1, -0.05) is 55.1 Å². The van der Waals surface area contributed by atoms with Crippen molar-refractivity contribution in [2.75, 3.05) is 12.3 Å². The van der Waals surface area contributed by atoms with Crippen molar-refractivity contribution in [2.24, 2.45) is 0 Å². The molecule has 0 fully saturated rings. The Labute approximate surface area is 162 Å². The minimum atomic E-state index is -0.129. The quantitative estimate of drug-likeness (QED) is 0.388. The molecule has 1 amide bonds. The third-order valence-corrected chi connectivity index (χ3v) is 5.07. The van der Waals surface area contributed by atoms with Crippen LogP contribution in [-0.4, -0.2) is 27.8 Å². The van der Waals surface area contributed by atoms with Gasteiger partial charge in [-0.2, -0.15) is 0 Å². The number of rotatable bonds is 7. The van der Waals surface area contributed by atoms with Crippen LogP contribution in [0.2, 0.25) is 0 Å². The molecule has 5 nitrogen and oxygen atoms in total. The van der Waals surface area contributed by atoms with Crippen LogP contribution in [0.3, 0.4) is 0 Å². The number of thioether (sulfide) groups is 1. The van der Waals surface area contributed by atoms with Crippen LogP contribution in [0.5, 0.6) is 0 Å². The van der Waals surface area contributed by atoms with Gasteiger partial charge in [0.05, 0.1) is 22.3 Å². The molecule has 1 N–H and O–H groups in total. The monoisotopic (exact) mass is 379 g/mol. The van der Waals surface area contributed by atoms with Crippen molar-refractivity contribution >= 4 is 28.6 Å². The molecule has 0 aliphatic heterocycles. The summed E-state index contributed by atoms with van der Waals surface area (Å²) < 4.78 is 1.62.